The number of fused-ring (bicyclic) bond motifs is 1. The van der Waals surface area contributed by atoms with Crippen LogP contribution in [0, 0.1) is 5.82 Å². The summed E-state index contributed by atoms with van der Waals surface area (Å²) in [4.78, 5) is 37.9. The number of benzene rings is 3. The number of morpholine rings is 1. The Bertz CT molecular complexity index is 2020. The molecule has 0 amide bonds. The van der Waals surface area contributed by atoms with E-state index >= 15 is 4.39 Å². The summed E-state index contributed by atoms with van der Waals surface area (Å²) in [6.07, 6.45) is 3.46. The van der Waals surface area contributed by atoms with Crippen molar-refractivity contribution >= 4 is 22.8 Å². The molecule has 1 fully saturated rings. The van der Waals surface area contributed by atoms with E-state index in [0.29, 0.717) is 40.4 Å². The number of halogens is 1. The molecule has 2 N–H and O–H groups in total. The van der Waals surface area contributed by atoms with Crippen molar-refractivity contribution in [3.8, 4) is 34.6 Å². The van der Waals surface area contributed by atoms with Gasteiger partial charge in [-0.15, -0.1) is 0 Å². The summed E-state index contributed by atoms with van der Waals surface area (Å²) in [5.41, 5.74) is -0.860. The van der Waals surface area contributed by atoms with Crippen LogP contribution in [0.3, 0.4) is 0 Å². The van der Waals surface area contributed by atoms with Crippen LogP contribution in [0.2, 0.25) is 0 Å². The lowest BCUT2D eigenvalue weighted by molar-refractivity contribution is 0.0357. The molecule has 0 aliphatic carbocycles. The molecule has 5 aromatic rings. The number of nitrogens with one attached hydrogen (secondary N) is 1. The summed E-state index contributed by atoms with van der Waals surface area (Å²) in [7, 11) is 1.54. The summed E-state index contributed by atoms with van der Waals surface area (Å²) in [6, 6.07) is 17.4. The number of aromatic nitrogens is 3. The maximum absolute atomic E-state index is 15.2. The van der Waals surface area contributed by atoms with Gasteiger partial charge in [0.15, 0.2) is 23.1 Å². The quantitative estimate of drug-likeness (QED) is 0.157. The SMILES string of the molecule is COc1cc2c(Oc3ccc(N=Cc4c(O)n(-c5ccccc5)c(=O)[nH]c4=O)cc3F)ccnc2cc1OCCCN1CCOCC1. The van der Waals surface area contributed by atoms with Crippen LogP contribution in [0.5, 0.6) is 28.9 Å². The predicted octanol–water partition coefficient (Wildman–Crippen LogP) is 4.57. The molecule has 2 aromatic heterocycles. The molecule has 3 heterocycles. The third-order valence-electron chi connectivity index (χ3n) is 7.58. The van der Waals surface area contributed by atoms with Crippen molar-refractivity contribution in [2.75, 3.05) is 46.6 Å². The van der Waals surface area contributed by atoms with Gasteiger partial charge in [-0.25, -0.2) is 13.8 Å². The lowest BCUT2D eigenvalue weighted by Crippen LogP contribution is -2.37. The van der Waals surface area contributed by atoms with E-state index in [1.807, 2.05) is 0 Å². The van der Waals surface area contributed by atoms with Crippen molar-refractivity contribution in [1.82, 2.24) is 19.4 Å². The summed E-state index contributed by atoms with van der Waals surface area (Å²) >= 11 is 0. The zero-order chi connectivity index (χ0) is 32.8. The number of H-pyrrole nitrogens is 1. The Morgan fingerprint density at radius 1 is 1.02 bits per heavy atom. The Kier molecular flexibility index (Phi) is 9.55. The molecule has 3 aromatic carbocycles. The summed E-state index contributed by atoms with van der Waals surface area (Å²) in [5, 5.41) is 11.3. The Hall–Kier alpha value is -5.53. The smallest absolute Gasteiger partial charge is 0.335 e. The molecule has 242 valence electrons. The first-order chi connectivity index (χ1) is 22.9. The highest BCUT2D eigenvalue weighted by atomic mass is 19.1. The van der Waals surface area contributed by atoms with E-state index in [1.165, 1.54) is 12.1 Å². The van der Waals surface area contributed by atoms with Crippen molar-refractivity contribution in [2.24, 2.45) is 4.99 Å². The fraction of sp³-hybridized carbons (Fsp3) is 0.235. The number of aromatic amines is 1. The number of methoxy groups -OCH3 is 1. The molecule has 0 saturated carbocycles. The number of nitrogens with zero attached hydrogens (tertiary/aromatic N) is 4. The maximum Gasteiger partial charge on any atom is 0.335 e. The summed E-state index contributed by atoms with van der Waals surface area (Å²) in [5.74, 6) is -0.00762. The van der Waals surface area contributed by atoms with Crippen LogP contribution in [0.25, 0.3) is 16.6 Å². The minimum Gasteiger partial charge on any atom is -0.493 e. The topological polar surface area (TPSA) is 140 Å². The summed E-state index contributed by atoms with van der Waals surface area (Å²) < 4.78 is 39.1. The Morgan fingerprint density at radius 2 is 1.83 bits per heavy atom. The highest BCUT2D eigenvalue weighted by molar-refractivity contribution is 5.88. The monoisotopic (exact) mass is 641 g/mol. The normalized spacial score (nSPS) is 13.7. The Labute approximate surface area is 268 Å². The first kappa shape index (κ1) is 31.5. The molecule has 12 nitrogen and oxygen atoms in total. The lowest BCUT2D eigenvalue weighted by atomic mass is 10.1. The Balaban J connectivity index is 1.18. The first-order valence-electron chi connectivity index (χ1n) is 15.0. The van der Waals surface area contributed by atoms with Gasteiger partial charge in [0.2, 0.25) is 5.88 Å². The van der Waals surface area contributed by atoms with Crippen molar-refractivity contribution in [3.63, 3.8) is 0 Å². The number of rotatable bonds is 11. The van der Waals surface area contributed by atoms with Crippen LogP contribution >= 0.6 is 0 Å². The van der Waals surface area contributed by atoms with Gasteiger partial charge in [-0.3, -0.25) is 24.7 Å². The lowest BCUT2D eigenvalue weighted by Gasteiger charge is -2.26. The van der Waals surface area contributed by atoms with Gasteiger partial charge in [0.1, 0.15) is 11.3 Å². The van der Waals surface area contributed by atoms with Crippen LogP contribution in [0.4, 0.5) is 10.1 Å². The standard InChI is InChI=1S/C34H32FN5O7/c1-44-30-19-24-27(20-31(30)46-15-5-12-39-13-16-45-17-14-39)36-11-10-28(24)47-29-9-8-22(18-26(29)35)37-21-25-32(41)38-34(43)40(33(25)42)23-6-3-2-4-7-23/h2-4,6-11,18-21,42H,5,12-17H2,1H3,(H,38,41,43). The molecule has 0 unspecified atom stereocenters. The molecule has 0 spiro atoms. The molecule has 13 heteroatoms. The van der Waals surface area contributed by atoms with E-state index in [-0.39, 0.29) is 17.0 Å². The first-order valence-corrected chi connectivity index (χ1v) is 15.0. The van der Waals surface area contributed by atoms with Crippen LogP contribution in [-0.2, 0) is 4.74 Å². The highest BCUT2D eigenvalue weighted by Crippen LogP contribution is 2.38. The number of ether oxygens (including phenoxy) is 4. The second-order valence-corrected chi connectivity index (χ2v) is 10.6. The highest BCUT2D eigenvalue weighted by Gasteiger charge is 2.16. The molecule has 1 aliphatic rings. The molecule has 0 bridgehead atoms. The predicted molar refractivity (Wildman–Crippen MR) is 174 cm³/mol. The van der Waals surface area contributed by atoms with Crippen LogP contribution in [0.15, 0.2) is 87.5 Å². The number of aromatic hydroxyl groups is 1. The van der Waals surface area contributed by atoms with Gasteiger partial charge in [-0.05, 0) is 42.8 Å². The van der Waals surface area contributed by atoms with E-state index < -0.39 is 22.9 Å². The van der Waals surface area contributed by atoms with Gasteiger partial charge < -0.3 is 24.1 Å². The third-order valence-corrected chi connectivity index (χ3v) is 7.58. The van der Waals surface area contributed by atoms with Crippen LogP contribution in [0.1, 0.15) is 12.0 Å². The van der Waals surface area contributed by atoms with Gasteiger partial charge in [0.25, 0.3) is 5.56 Å². The minimum atomic E-state index is -0.842. The van der Waals surface area contributed by atoms with Gasteiger partial charge >= 0.3 is 5.69 Å². The zero-order valence-corrected chi connectivity index (χ0v) is 25.5. The van der Waals surface area contributed by atoms with Gasteiger partial charge in [-0.1, -0.05) is 18.2 Å². The fourth-order valence-corrected chi connectivity index (χ4v) is 5.17. The largest absolute Gasteiger partial charge is 0.493 e. The molecular weight excluding hydrogens is 609 g/mol. The second-order valence-electron chi connectivity index (χ2n) is 10.6. The number of aliphatic imine (C=N–C) groups is 1. The number of pyridine rings is 1. The van der Waals surface area contributed by atoms with Crippen LogP contribution < -0.4 is 25.5 Å². The molecule has 47 heavy (non-hydrogen) atoms. The molecule has 6 rings (SSSR count). The van der Waals surface area contributed by atoms with Crippen molar-refractivity contribution in [2.45, 2.75) is 6.42 Å². The van der Waals surface area contributed by atoms with E-state index in [1.54, 1.807) is 61.8 Å². The minimum absolute atomic E-state index is 0.0721. The molecule has 0 radical (unpaired) electrons. The molecule has 1 aliphatic heterocycles. The number of hydrogen-bond donors (Lipinski definition) is 2. The average molecular weight is 642 g/mol. The molecule has 1 saturated heterocycles. The molecular formula is C34H32FN5O7. The fourth-order valence-electron chi connectivity index (χ4n) is 5.17. The van der Waals surface area contributed by atoms with E-state index in [9.17, 15) is 14.7 Å². The van der Waals surface area contributed by atoms with Gasteiger partial charge in [0.05, 0.1) is 43.8 Å². The van der Waals surface area contributed by atoms with Crippen molar-refractivity contribution in [3.05, 3.63) is 105 Å². The van der Waals surface area contributed by atoms with Crippen molar-refractivity contribution < 1.29 is 28.4 Å². The van der Waals surface area contributed by atoms with Crippen molar-refractivity contribution in [1.29, 1.82) is 0 Å². The number of para-hydroxylation sites is 1. The summed E-state index contributed by atoms with van der Waals surface area (Å²) in [6.45, 7) is 4.75. The average Bonchev–Trinajstić information content (AvgIpc) is 3.08. The third kappa shape index (κ3) is 7.16. The molecule has 0 atom stereocenters. The maximum atomic E-state index is 15.2. The Morgan fingerprint density at radius 3 is 2.60 bits per heavy atom. The zero-order valence-electron chi connectivity index (χ0n) is 25.5. The van der Waals surface area contributed by atoms with Gasteiger partial charge in [-0.2, -0.15) is 0 Å². The van der Waals surface area contributed by atoms with Crippen LogP contribution in [-0.4, -0.2) is 77.3 Å². The van der Waals surface area contributed by atoms with E-state index in [0.717, 1.165) is 56.1 Å². The number of hydrogen-bond acceptors (Lipinski definition) is 10. The second kappa shape index (κ2) is 14.3. The van der Waals surface area contributed by atoms with E-state index in [2.05, 4.69) is 19.9 Å². The van der Waals surface area contributed by atoms with E-state index in [4.69, 9.17) is 18.9 Å². The van der Waals surface area contributed by atoms with Gasteiger partial charge in [0, 0.05) is 49.6 Å².